The number of amides is 3. The average Bonchev–Trinajstić information content (AvgIpc) is 2.97. The third-order valence-electron chi connectivity index (χ3n) is 5.30. The molecule has 2 atom stereocenters. The number of aliphatic hydroxyl groups is 1. The number of ether oxygens (including phenoxy) is 1. The highest BCUT2D eigenvalue weighted by atomic mass is 16.6. The minimum Gasteiger partial charge on any atom is -0.445 e. The predicted octanol–water partition coefficient (Wildman–Crippen LogP) is 2.30. The number of nitrogens with zero attached hydrogens (tertiary/aromatic N) is 2. The van der Waals surface area contributed by atoms with E-state index >= 15 is 0 Å². The van der Waals surface area contributed by atoms with E-state index in [-0.39, 0.29) is 37.4 Å². The van der Waals surface area contributed by atoms with Crippen molar-refractivity contribution in [1.82, 2.24) is 9.80 Å². The zero-order valence-electron chi connectivity index (χ0n) is 15.9. The summed E-state index contributed by atoms with van der Waals surface area (Å²) in [5.41, 5.74) is 1.67. The third kappa shape index (κ3) is 4.00. The minimum absolute atomic E-state index is 0.148. The Kier molecular flexibility index (Phi) is 5.31. The van der Waals surface area contributed by atoms with Crippen molar-refractivity contribution in [3.63, 3.8) is 0 Å². The van der Waals surface area contributed by atoms with Crippen LogP contribution in [0.25, 0.3) is 0 Å². The van der Waals surface area contributed by atoms with Crippen LogP contribution in [0.3, 0.4) is 0 Å². The summed E-state index contributed by atoms with van der Waals surface area (Å²) in [6, 6.07) is 16.1. The molecule has 29 heavy (non-hydrogen) atoms. The van der Waals surface area contributed by atoms with Gasteiger partial charge in [0.25, 0.3) is 11.8 Å². The number of hydrogen-bond donors (Lipinski definition) is 1. The maximum atomic E-state index is 12.6. The molecule has 1 saturated heterocycles. The van der Waals surface area contributed by atoms with Crippen molar-refractivity contribution >= 4 is 17.9 Å². The van der Waals surface area contributed by atoms with Crippen LogP contribution >= 0.6 is 0 Å². The van der Waals surface area contributed by atoms with Crippen LogP contribution in [0.2, 0.25) is 0 Å². The molecular weight excluding hydrogens is 372 g/mol. The van der Waals surface area contributed by atoms with Gasteiger partial charge in [0.15, 0.2) is 0 Å². The van der Waals surface area contributed by atoms with E-state index in [2.05, 4.69) is 0 Å². The van der Waals surface area contributed by atoms with E-state index in [1.54, 1.807) is 24.3 Å². The standard InChI is InChI=1S/C22H22N2O5/c25-17-10-16(12-24-20(26)18-8-4-5-9-19(18)21(24)27)11-23(13-17)22(28)29-14-15-6-2-1-3-7-15/h1-9,16-17,25H,10-14H2. The SMILES string of the molecule is O=C(OCc1ccccc1)N1CC(O)CC(CN2C(=O)c3ccccc3C2=O)C1. The lowest BCUT2D eigenvalue weighted by atomic mass is 9.95. The van der Waals surface area contributed by atoms with Crippen molar-refractivity contribution < 1.29 is 24.2 Å². The number of piperidine rings is 1. The van der Waals surface area contributed by atoms with Crippen LogP contribution < -0.4 is 0 Å². The maximum Gasteiger partial charge on any atom is 0.410 e. The lowest BCUT2D eigenvalue weighted by Gasteiger charge is -2.36. The van der Waals surface area contributed by atoms with E-state index in [1.807, 2.05) is 30.3 Å². The number of rotatable bonds is 4. The largest absolute Gasteiger partial charge is 0.445 e. The topological polar surface area (TPSA) is 87.2 Å². The van der Waals surface area contributed by atoms with E-state index in [0.29, 0.717) is 24.1 Å². The van der Waals surface area contributed by atoms with Gasteiger partial charge in [0.2, 0.25) is 0 Å². The molecule has 2 unspecified atom stereocenters. The Morgan fingerprint density at radius 1 is 0.966 bits per heavy atom. The fourth-order valence-electron chi connectivity index (χ4n) is 3.93. The summed E-state index contributed by atoms with van der Waals surface area (Å²) < 4.78 is 5.36. The zero-order chi connectivity index (χ0) is 20.4. The van der Waals surface area contributed by atoms with E-state index in [9.17, 15) is 19.5 Å². The van der Waals surface area contributed by atoms with Crippen molar-refractivity contribution in [2.45, 2.75) is 19.1 Å². The first-order chi connectivity index (χ1) is 14.0. The summed E-state index contributed by atoms with van der Waals surface area (Å²) in [6.45, 7) is 0.797. The summed E-state index contributed by atoms with van der Waals surface area (Å²) in [4.78, 5) is 40.3. The molecule has 0 bridgehead atoms. The van der Waals surface area contributed by atoms with Crippen LogP contribution in [-0.4, -0.2) is 58.6 Å². The first kappa shape index (κ1) is 19.1. The summed E-state index contributed by atoms with van der Waals surface area (Å²) >= 11 is 0. The Bertz CT molecular complexity index is 895. The van der Waals surface area contributed by atoms with Crippen LogP contribution in [0, 0.1) is 5.92 Å². The van der Waals surface area contributed by atoms with E-state index in [1.165, 1.54) is 9.80 Å². The van der Waals surface area contributed by atoms with Crippen molar-refractivity contribution in [3.8, 4) is 0 Å². The predicted molar refractivity (Wildman–Crippen MR) is 104 cm³/mol. The molecule has 0 radical (unpaired) electrons. The van der Waals surface area contributed by atoms with Crippen LogP contribution in [0.1, 0.15) is 32.7 Å². The number of likely N-dealkylation sites (tertiary alicyclic amines) is 1. The number of imide groups is 1. The summed E-state index contributed by atoms with van der Waals surface area (Å²) in [5.74, 6) is -0.877. The van der Waals surface area contributed by atoms with Gasteiger partial charge in [-0.05, 0) is 30.0 Å². The number of carbonyl (C=O) groups is 3. The van der Waals surface area contributed by atoms with Crippen LogP contribution in [0.4, 0.5) is 4.79 Å². The molecule has 4 rings (SSSR count). The maximum absolute atomic E-state index is 12.6. The Morgan fingerprint density at radius 2 is 1.59 bits per heavy atom. The lowest BCUT2D eigenvalue weighted by molar-refractivity contribution is 0.0180. The lowest BCUT2D eigenvalue weighted by Crippen LogP contribution is -2.49. The van der Waals surface area contributed by atoms with Gasteiger partial charge in [-0.3, -0.25) is 14.5 Å². The van der Waals surface area contributed by atoms with Gasteiger partial charge in [0, 0.05) is 19.6 Å². The number of aliphatic hydroxyl groups excluding tert-OH is 1. The molecular formula is C22H22N2O5. The molecule has 0 aliphatic carbocycles. The van der Waals surface area contributed by atoms with E-state index < -0.39 is 12.2 Å². The second-order valence-corrected chi connectivity index (χ2v) is 7.47. The van der Waals surface area contributed by atoms with Crippen molar-refractivity contribution in [2.75, 3.05) is 19.6 Å². The Hall–Kier alpha value is -3.19. The highest BCUT2D eigenvalue weighted by Gasteiger charge is 2.38. The molecule has 1 N–H and O–H groups in total. The quantitative estimate of drug-likeness (QED) is 0.804. The first-order valence-electron chi connectivity index (χ1n) is 9.62. The van der Waals surface area contributed by atoms with Gasteiger partial charge in [0.05, 0.1) is 17.2 Å². The summed E-state index contributed by atoms with van der Waals surface area (Å²) in [7, 11) is 0. The third-order valence-corrected chi connectivity index (χ3v) is 5.30. The highest BCUT2D eigenvalue weighted by molar-refractivity contribution is 6.21. The summed E-state index contributed by atoms with van der Waals surface area (Å²) in [6.07, 6.45) is -0.830. The molecule has 2 aromatic rings. The molecule has 0 saturated carbocycles. The van der Waals surface area contributed by atoms with Crippen molar-refractivity contribution in [3.05, 3.63) is 71.3 Å². The zero-order valence-corrected chi connectivity index (χ0v) is 15.9. The molecule has 2 heterocycles. The van der Waals surface area contributed by atoms with Gasteiger partial charge in [-0.25, -0.2) is 4.79 Å². The van der Waals surface area contributed by atoms with Gasteiger partial charge >= 0.3 is 6.09 Å². The van der Waals surface area contributed by atoms with Crippen molar-refractivity contribution in [1.29, 1.82) is 0 Å². The van der Waals surface area contributed by atoms with Crippen LogP contribution in [0.15, 0.2) is 54.6 Å². The molecule has 2 aromatic carbocycles. The van der Waals surface area contributed by atoms with Crippen molar-refractivity contribution in [2.24, 2.45) is 5.92 Å². The smallest absolute Gasteiger partial charge is 0.410 e. The Morgan fingerprint density at radius 3 is 2.24 bits per heavy atom. The van der Waals surface area contributed by atoms with Crippen LogP contribution in [-0.2, 0) is 11.3 Å². The van der Waals surface area contributed by atoms with E-state index in [0.717, 1.165) is 5.56 Å². The molecule has 1 fully saturated rings. The van der Waals surface area contributed by atoms with Gasteiger partial charge in [-0.15, -0.1) is 0 Å². The molecule has 3 amide bonds. The van der Waals surface area contributed by atoms with Gasteiger partial charge in [-0.2, -0.15) is 0 Å². The highest BCUT2D eigenvalue weighted by Crippen LogP contribution is 2.26. The first-order valence-corrected chi connectivity index (χ1v) is 9.62. The Balaban J connectivity index is 1.38. The second kappa shape index (κ2) is 8.05. The average molecular weight is 394 g/mol. The molecule has 7 heteroatoms. The fourth-order valence-corrected chi connectivity index (χ4v) is 3.93. The minimum atomic E-state index is -0.729. The monoisotopic (exact) mass is 394 g/mol. The number of β-amino-alcohol motifs (C(OH)–C–C–N with tert-alkyl or cyclic N) is 1. The number of benzene rings is 2. The second-order valence-electron chi connectivity index (χ2n) is 7.47. The van der Waals surface area contributed by atoms with Crippen LogP contribution in [0.5, 0.6) is 0 Å². The normalized spacial score (nSPS) is 21.3. The molecule has 0 spiro atoms. The molecule has 0 aromatic heterocycles. The molecule has 2 aliphatic rings. The number of carbonyl (C=O) groups excluding carboxylic acids is 3. The van der Waals surface area contributed by atoms with Gasteiger partial charge < -0.3 is 14.7 Å². The molecule has 2 aliphatic heterocycles. The Labute approximate surface area is 168 Å². The fraction of sp³-hybridized carbons (Fsp3) is 0.318. The summed E-state index contributed by atoms with van der Waals surface area (Å²) in [5, 5.41) is 10.2. The van der Waals surface area contributed by atoms with Gasteiger partial charge in [-0.1, -0.05) is 42.5 Å². The van der Waals surface area contributed by atoms with E-state index in [4.69, 9.17) is 4.74 Å². The molecule has 150 valence electrons. The number of fused-ring (bicyclic) bond motifs is 1. The van der Waals surface area contributed by atoms with Gasteiger partial charge in [0.1, 0.15) is 6.61 Å². The number of hydrogen-bond acceptors (Lipinski definition) is 5. The molecule has 7 nitrogen and oxygen atoms in total.